The summed E-state index contributed by atoms with van der Waals surface area (Å²) in [6.07, 6.45) is 6.53. The second-order valence-electron chi connectivity index (χ2n) is 5.35. The van der Waals surface area contributed by atoms with Gasteiger partial charge in [-0.3, -0.25) is 0 Å². The number of nitrogens with two attached hydrogens (primary N) is 1. The van der Waals surface area contributed by atoms with Crippen molar-refractivity contribution >= 4 is 23.4 Å². The fourth-order valence-corrected chi connectivity index (χ4v) is 3.97. The van der Waals surface area contributed by atoms with E-state index >= 15 is 0 Å². The average molecular weight is 294 g/mol. The van der Waals surface area contributed by atoms with Gasteiger partial charge in [-0.25, -0.2) is 9.78 Å². The molecule has 0 radical (unpaired) electrons. The molecule has 20 heavy (non-hydrogen) atoms. The van der Waals surface area contributed by atoms with E-state index in [4.69, 9.17) is 10.5 Å². The summed E-state index contributed by atoms with van der Waals surface area (Å²) < 4.78 is 5.09. The van der Waals surface area contributed by atoms with Gasteiger partial charge in [-0.15, -0.1) is 11.8 Å². The number of rotatable bonds is 4. The van der Waals surface area contributed by atoms with Crippen molar-refractivity contribution in [3.63, 3.8) is 0 Å². The van der Waals surface area contributed by atoms with Crippen molar-refractivity contribution in [3.8, 4) is 0 Å². The van der Waals surface area contributed by atoms with E-state index in [9.17, 15) is 4.79 Å². The van der Waals surface area contributed by atoms with Crippen LogP contribution in [0.15, 0.2) is 17.3 Å². The summed E-state index contributed by atoms with van der Waals surface area (Å²) in [5.41, 5.74) is 6.73. The molecule has 1 fully saturated rings. The number of anilines is 1. The molecule has 1 aliphatic rings. The zero-order chi connectivity index (χ0) is 14.5. The van der Waals surface area contributed by atoms with E-state index in [2.05, 4.69) is 11.9 Å². The average Bonchev–Trinajstić information content (AvgIpc) is 2.41. The predicted octanol–water partition coefficient (Wildman–Crippen LogP) is 3.51. The third kappa shape index (κ3) is 3.88. The molecule has 2 atom stereocenters. The second kappa shape index (κ2) is 6.97. The van der Waals surface area contributed by atoms with Gasteiger partial charge < -0.3 is 10.5 Å². The summed E-state index contributed by atoms with van der Waals surface area (Å²) in [5, 5.41) is 1.28. The van der Waals surface area contributed by atoms with Crippen molar-refractivity contribution in [2.45, 2.75) is 49.8 Å². The van der Waals surface area contributed by atoms with Crippen LogP contribution in [0.25, 0.3) is 0 Å². The fraction of sp³-hybridized carbons (Fsp3) is 0.600. The minimum atomic E-state index is -0.335. The summed E-state index contributed by atoms with van der Waals surface area (Å²) in [6.45, 7) is 4.45. The number of thioether (sulfide) groups is 1. The third-order valence-electron chi connectivity index (χ3n) is 3.53. The van der Waals surface area contributed by atoms with E-state index in [1.165, 1.54) is 25.7 Å². The first-order valence-corrected chi connectivity index (χ1v) is 8.07. The third-order valence-corrected chi connectivity index (χ3v) is 4.84. The molecule has 0 bridgehead atoms. The summed E-state index contributed by atoms with van der Waals surface area (Å²) in [4.78, 5) is 16.3. The first-order valence-electron chi connectivity index (χ1n) is 7.19. The molecule has 2 unspecified atom stereocenters. The van der Waals surface area contributed by atoms with Crippen LogP contribution >= 0.6 is 11.8 Å². The minimum absolute atomic E-state index is 0.335. The van der Waals surface area contributed by atoms with Gasteiger partial charge in [0.15, 0.2) is 0 Å². The fourth-order valence-electron chi connectivity index (χ4n) is 2.56. The van der Waals surface area contributed by atoms with Crippen molar-refractivity contribution < 1.29 is 9.53 Å². The molecule has 0 saturated heterocycles. The van der Waals surface area contributed by atoms with Gasteiger partial charge >= 0.3 is 5.97 Å². The van der Waals surface area contributed by atoms with Crippen LogP contribution in [0.2, 0.25) is 0 Å². The van der Waals surface area contributed by atoms with Gasteiger partial charge in [0, 0.05) is 5.25 Å². The Balaban J connectivity index is 2.15. The normalized spacial score (nSPS) is 22.5. The molecule has 2 N–H and O–H groups in total. The number of hydrogen-bond acceptors (Lipinski definition) is 5. The minimum Gasteiger partial charge on any atom is -0.462 e. The Morgan fingerprint density at radius 3 is 3.05 bits per heavy atom. The van der Waals surface area contributed by atoms with Gasteiger partial charge in [-0.1, -0.05) is 19.8 Å². The lowest BCUT2D eigenvalue weighted by Crippen LogP contribution is -2.16. The number of carbonyl (C=O) groups excluding carboxylic acids is 1. The van der Waals surface area contributed by atoms with E-state index in [0.29, 0.717) is 23.1 Å². The molecule has 1 aromatic heterocycles. The molecule has 0 spiro atoms. The number of carbonyl (C=O) groups is 1. The molecule has 1 heterocycles. The Morgan fingerprint density at radius 2 is 2.35 bits per heavy atom. The van der Waals surface area contributed by atoms with Gasteiger partial charge in [-0.05, 0) is 31.7 Å². The number of pyridine rings is 1. The molecule has 4 nitrogen and oxygen atoms in total. The molecule has 1 aromatic rings. The van der Waals surface area contributed by atoms with E-state index in [1.54, 1.807) is 30.9 Å². The predicted molar refractivity (Wildman–Crippen MR) is 81.9 cm³/mol. The van der Waals surface area contributed by atoms with Crippen LogP contribution in [0.1, 0.15) is 49.9 Å². The van der Waals surface area contributed by atoms with Gasteiger partial charge in [0.25, 0.3) is 0 Å². The van der Waals surface area contributed by atoms with Gasteiger partial charge in [0.05, 0.1) is 24.1 Å². The van der Waals surface area contributed by atoms with Crippen LogP contribution in [0.5, 0.6) is 0 Å². The number of nitrogen functional groups attached to an aromatic ring is 1. The van der Waals surface area contributed by atoms with Gasteiger partial charge in [0.2, 0.25) is 0 Å². The highest BCUT2D eigenvalue weighted by Crippen LogP contribution is 2.37. The van der Waals surface area contributed by atoms with Crippen LogP contribution < -0.4 is 5.73 Å². The summed E-state index contributed by atoms with van der Waals surface area (Å²) in [6, 6.07) is 1.67. The Kier molecular flexibility index (Phi) is 5.29. The van der Waals surface area contributed by atoms with E-state index in [1.807, 2.05) is 0 Å². The van der Waals surface area contributed by atoms with Crippen LogP contribution in [0.3, 0.4) is 0 Å². The van der Waals surface area contributed by atoms with E-state index in [-0.39, 0.29) is 5.97 Å². The monoisotopic (exact) mass is 294 g/mol. The zero-order valence-electron chi connectivity index (χ0n) is 12.1. The van der Waals surface area contributed by atoms with Crippen LogP contribution in [-0.4, -0.2) is 22.8 Å². The SMILES string of the molecule is CCOC(=O)c1cc(N)cnc1SC1CCCC(C)C1. The molecule has 0 amide bonds. The maximum atomic E-state index is 12.0. The molecule has 1 saturated carbocycles. The summed E-state index contributed by atoms with van der Waals surface area (Å²) in [5.74, 6) is 0.416. The molecule has 1 aliphatic carbocycles. The number of ether oxygens (including phenoxy) is 1. The first kappa shape index (κ1) is 15.2. The number of aromatic nitrogens is 1. The van der Waals surface area contributed by atoms with E-state index < -0.39 is 0 Å². The van der Waals surface area contributed by atoms with E-state index in [0.717, 1.165) is 10.9 Å². The summed E-state index contributed by atoms with van der Waals surface area (Å²) in [7, 11) is 0. The maximum absolute atomic E-state index is 12.0. The van der Waals surface area contributed by atoms with Crippen molar-refractivity contribution in [1.29, 1.82) is 0 Å². The largest absolute Gasteiger partial charge is 0.462 e. The first-order chi connectivity index (χ1) is 9.60. The summed E-state index contributed by atoms with van der Waals surface area (Å²) >= 11 is 1.69. The molecular formula is C15H22N2O2S. The Morgan fingerprint density at radius 1 is 1.55 bits per heavy atom. The highest BCUT2D eigenvalue weighted by atomic mass is 32.2. The van der Waals surface area contributed by atoms with Gasteiger partial charge in [-0.2, -0.15) is 0 Å². The lowest BCUT2D eigenvalue weighted by atomic mass is 9.91. The number of hydrogen-bond donors (Lipinski definition) is 1. The Bertz CT molecular complexity index is 479. The smallest absolute Gasteiger partial charge is 0.340 e. The van der Waals surface area contributed by atoms with Crippen LogP contribution in [0.4, 0.5) is 5.69 Å². The highest BCUT2D eigenvalue weighted by Gasteiger charge is 2.23. The lowest BCUT2D eigenvalue weighted by Gasteiger charge is -2.26. The van der Waals surface area contributed by atoms with Crippen molar-refractivity contribution in [2.24, 2.45) is 5.92 Å². The molecule has 110 valence electrons. The Labute approximate surface area is 124 Å². The highest BCUT2D eigenvalue weighted by molar-refractivity contribution is 7.99. The molecule has 0 aromatic carbocycles. The number of esters is 1. The molecule has 5 heteroatoms. The lowest BCUT2D eigenvalue weighted by molar-refractivity contribution is 0.0521. The van der Waals surface area contributed by atoms with Crippen LogP contribution in [-0.2, 0) is 4.74 Å². The topological polar surface area (TPSA) is 65.2 Å². The standard InChI is InChI=1S/C15H22N2O2S/c1-3-19-15(18)13-8-11(16)9-17-14(13)20-12-6-4-5-10(2)7-12/h8-10,12H,3-7,16H2,1-2H3. The Hall–Kier alpha value is -1.23. The second-order valence-corrected chi connectivity index (χ2v) is 6.64. The quantitative estimate of drug-likeness (QED) is 0.861. The maximum Gasteiger partial charge on any atom is 0.340 e. The molecule has 0 aliphatic heterocycles. The zero-order valence-corrected chi connectivity index (χ0v) is 12.9. The van der Waals surface area contributed by atoms with Crippen molar-refractivity contribution in [1.82, 2.24) is 4.98 Å². The van der Waals surface area contributed by atoms with Crippen molar-refractivity contribution in [3.05, 3.63) is 17.8 Å². The number of nitrogens with zero attached hydrogens (tertiary/aromatic N) is 1. The molecule has 2 rings (SSSR count). The van der Waals surface area contributed by atoms with Crippen molar-refractivity contribution in [2.75, 3.05) is 12.3 Å². The van der Waals surface area contributed by atoms with Gasteiger partial charge in [0.1, 0.15) is 5.03 Å². The molecular weight excluding hydrogens is 272 g/mol. The van der Waals surface area contributed by atoms with Crippen LogP contribution in [0, 0.1) is 5.92 Å².